The van der Waals surface area contributed by atoms with Crippen LogP contribution in [0.1, 0.15) is 12.5 Å². The van der Waals surface area contributed by atoms with E-state index in [1.54, 1.807) is 6.07 Å². The van der Waals surface area contributed by atoms with Crippen LogP contribution in [0.2, 0.25) is 0 Å². The number of fused-ring (bicyclic) bond motifs is 1. The van der Waals surface area contributed by atoms with Crippen molar-refractivity contribution in [3.63, 3.8) is 0 Å². The van der Waals surface area contributed by atoms with Gasteiger partial charge < -0.3 is 29.2 Å². The van der Waals surface area contributed by atoms with E-state index in [-0.39, 0.29) is 23.3 Å². The van der Waals surface area contributed by atoms with Crippen molar-refractivity contribution >= 4 is 26.7 Å². The van der Waals surface area contributed by atoms with Gasteiger partial charge in [-0.3, -0.25) is 0 Å². The summed E-state index contributed by atoms with van der Waals surface area (Å²) in [6.07, 6.45) is 2.07. The lowest BCUT2D eigenvalue weighted by atomic mass is 10.1. The highest BCUT2D eigenvalue weighted by Crippen LogP contribution is 2.41. The number of rotatable bonds is 5. The van der Waals surface area contributed by atoms with E-state index in [0.717, 1.165) is 23.1 Å². The molecule has 34 heavy (non-hydrogen) atoms. The van der Waals surface area contributed by atoms with Crippen molar-refractivity contribution in [3.05, 3.63) is 30.3 Å². The standard InChI is InChI=1S/C23H28N4O6S/c1-32-21-12-15(11-20(28)22(21)29)23-24-18-4-3-16(13-19(18)27(23)17-5-10-33-14-17)25-6-8-26(9-7-25)34(2,30)31/h3-4,11-13,17,28-29H,5-10,14H2,1-2H3. The number of aromatic hydroxyl groups is 2. The van der Waals surface area contributed by atoms with Crippen LogP contribution >= 0.6 is 0 Å². The first-order valence-electron chi connectivity index (χ1n) is 11.2. The second-order valence-electron chi connectivity index (χ2n) is 8.69. The summed E-state index contributed by atoms with van der Waals surface area (Å²) in [5.41, 5.74) is 3.35. The van der Waals surface area contributed by atoms with E-state index < -0.39 is 10.0 Å². The van der Waals surface area contributed by atoms with Crippen molar-refractivity contribution in [1.82, 2.24) is 13.9 Å². The smallest absolute Gasteiger partial charge is 0.211 e. The second-order valence-corrected chi connectivity index (χ2v) is 10.7. The van der Waals surface area contributed by atoms with Gasteiger partial charge in [0.1, 0.15) is 5.82 Å². The summed E-state index contributed by atoms with van der Waals surface area (Å²) < 4.78 is 38.3. The topological polar surface area (TPSA) is 117 Å². The molecule has 1 atom stereocenters. The molecule has 0 aliphatic carbocycles. The molecule has 182 valence electrons. The molecule has 0 saturated carbocycles. The van der Waals surface area contributed by atoms with Gasteiger partial charge in [-0.15, -0.1) is 0 Å². The molecule has 5 rings (SSSR count). The lowest BCUT2D eigenvalue weighted by Crippen LogP contribution is -2.48. The monoisotopic (exact) mass is 488 g/mol. The number of imidazole rings is 1. The summed E-state index contributed by atoms with van der Waals surface area (Å²) in [7, 11) is -1.76. The van der Waals surface area contributed by atoms with Gasteiger partial charge in [-0.1, -0.05) is 0 Å². The quantitative estimate of drug-likeness (QED) is 0.525. The van der Waals surface area contributed by atoms with E-state index in [9.17, 15) is 18.6 Å². The van der Waals surface area contributed by atoms with Crippen LogP contribution in [-0.4, -0.2) is 85.2 Å². The molecule has 0 amide bonds. The molecule has 2 aliphatic heterocycles. The van der Waals surface area contributed by atoms with Crippen LogP contribution in [0.3, 0.4) is 0 Å². The Kier molecular flexibility index (Phi) is 5.78. The van der Waals surface area contributed by atoms with E-state index >= 15 is 0 Å². The molecule has 2 N–H and O–H groups in total. The molecule has 3 aromatic rings. The van der Waals surface area contributed by atoms with Crippen LogP contribution in [0.15, 0.2) is 30.3 Å². The lowest BCUT2D eigenvalue weighted by molar-refractivity contribution is 0.187. The number of piperazine rings is 1. The second kappa shape index (κ2) is 8.64. The van der Waals surface area contributed by atoms with Gasteiger partial charge in [-0.2, -0.15) is 4.31 Å². The molecular formula is C23H28N4O6S. The molecule has 2 saturated heterocycles. The fourth-order valence-electron chi connectivity index (χ4n) is 4.73. The molecule has 2 aromatic carbocycles. The number of ether oxygens (including phenoxy) is 2. The molecule has 0 spiro atoms. The average molecular weight is 489 g/mol. The van der Waals surface area contributed by atoms with E-state index in [0.29, 0.717) is 50.8 Å². The van der Waals surface area contributed by atoms with E-state index in [4.69, 9.17) is 14.5 Å². The zero-order valence-corrected chi connectivity index (χ0v) is 20.0. The minimum atomic E-state index is -3.19. The van der Waals surface area contributed by atoms with Crippen molar-refractivity contribution in [2.75, 3.05) is 57.7 Å². The van der Waals surface area contributed by atoms with Gasteiger partial charge >= 0.3 is 0 Å². The summed E-state index contributed by atoms with van der Waals surface area (Å²) in [5, 5.41) is 20.3. The Morgan fingerprint density at radius 1 is 1.12 bits per heavy atom. The SMILES string of the molecule is COc1cc(-c2nc3ccc(N4CCN(S(C)(=O)=O)CC4)cc3n2C2CCOC2)cc(O)c1O. The predicted molar refractivity (Wildman–Crippen MR) is 128 cm³/mol. The maximum Gasteiger partial charge on any atom is 0.211 e. The summed E-state index contributed by atoms with van der Waals surface area (Å²) >= 11 is 0. The number of phenols is 2. The normalized spacial score (nSPS) is 19.7. The largest absolute Gasteiger partial charge is 0.504 e. The predicted octanol–water partition coefficient (Wildman–Crippen LogP) is 2.17. The van der Waals surface area contributed by atoms with Crippen molar-refractivity contribution < 1.29 is 28.1 Å². The lowest BCUT2D eigenvalue weighted by Gasteiger charge is -2.34. The zero-order valence-electron chi connectivity index (χ0n) is 19.1. The van der Waals surface area contributed by atoms with E-state index in [2.05, 4.69) is 15.5 Å². The Morgan fingerprint density at radius 3 is 2.53 bits per heavy atom. The number of sulfonamides is 1. The third-order valence-corrected chi connectivity index (χ3v) is 7.85. The van der Waals surface area contributed by atoms with Crippen LogP contribution in [0.25, 0.3) is 22.4 Å². The first-order valence-corrected chi connectivity index (χ1v) is 13.0. The highest BCUT2D eigenvalue weighted by Gasteiger charge is 2.27. The number of hydrogen-bond acceptors (Lipinski definition) is 8. The number of anilines is 1. The summed E-state index contributed by atoms with van der Waals surface area (Å²) in [4.78, 5) is 7.04. The van der Waals surface area contributed by atoms with E-state index in [1.165, 1.54) is 23.7 Å². The highest BCUT2D eigenvalue weighted by molar-refractivity contribution is 7.88. The maximum atomic E-state index is 11.9. The Hall–Kier alpha value is -3.02. The minimum Gasteiger partial charge on any atom is -0.504 e. The number of methoxy groups -OCH3 is 1. The van der Waals surface area contributed by atoms with Crippen molar-refractivity contribution in [2.24, 2.45) is 0 Å². The number of hydrogen-bond donors (Lipinski definition) is 2. The van der Waals surface area contributed by atoms with Gasteiger partial charge in [0, 0.05) is 44.0 Å². The Morgan fingerprint density at radius 2 is 1.88 bits per heavy atom. The van der Waals surface area contributed by atoms with Gasteiger partial charge in [0.05, 0.1) is 37.0 Å². The Bertz CT molecular complexity index is 1320. The first-order chi connectivity index (χ1) is 16.3. The fraction of sp³-hybridized carbons (Fsp3) is 0.435. The van der Waals surface area contributed by atoms with Crippen LogP contribution < -0.4 is 9.64 Å². The molecule has 1 aromatic heterocycles. The van der Waals surface area contributed by atoms with Crippen LogP contribution in [0.4, 0.5) is 5.69 Å². The van der Waals surface area contributed by atoms with Gasteiger partial charge in [0.15, 0.2) is 11.5 Å². The summed E-state index contributed by atoms with van der Waals surface area (Å²) in [6, 6.07) is 9.25. The third kappa shape index (κ3) is 4.04. The van der Waals surface area contributed by atoms with Crippen LogP contribution in [0, 0.1) is 0 Å². The number of benzene rings is 2. The summed E-state index contributed by atoms with van der Waals surface area (Å²) in [5.74, 6) is 0.229. The average Bonchev–Trinajstić information content (AvgIpc) is 3.47. The molecule has 2 fully saturated rings. The van der Waals surface area contributed by atoms with Gasteiger partial charge in [-0.25, -0.2) is 13.4 Å². The van der Waals surface area contributed by atoms with Crippen LogP contribution in [-0.2, 0) is 14.8 Å². The Labute approximate surface area is 198 Å². The van der Waals surface area contributed by atoms with Crippen molar-refractivity contribution in [3.8, 4) is 28.6 Å². The molecule has 1 unspecified atom stereocenters. The van der Waals surface area contributed by atoms with Crippen LogP contribution in [0.5, 0.6) is 17.2 Å². The number of phenolic OH excluding ortho intramolecular Hbond substituents is 2. The fourth-order valence-corrected chi connectivity index (χ4v) is 5.56. The number of nitrogens with zero attached hydrogens (tertiary/aromatic N) is 4. The maximum absolute atomic E-state index is 11.9. The zero-order chi connectivity index (χ0) is 24.0. The third-order valence-electron chi connectivity index (χ3n) is 6.55. The van der Waals surface area contributed by atoms with Gasteiger partial charge in [0.2, 0.25) is 15.8 Å². The molecule has 0 bridgehead atoms. The van der Waals surface area contributed by atoms with Gasteiger partial charge in [-0.05, 0) is 36.8 Å². The Balaban J connectivity index is 1.58. The molecule has 11 heteroatoms. The number of aromatic nitrogens is 2. The highest BCUT2D eigenvalue weighted by atomic mass is 32.2. The van der Waals surface area contributed by atoms with Gasteiger partial charge in [0.25, 0.3) is 0 Å². The molecule has 2 aliphatic rings. The summed E-state index contributed by atoms with van der Waals surface area (Å²) in [6.45, 7) is 3.32. The molecule has 3 heterocycles. The first kappa shape index (κ1) is 22.8. The van der Waals surface area contributed by atoms with Crippen molar-refractivity contribution in [1.29, 1.82) is 0 Å². The molecule has 0 radical (unpaired) electrons. The molecular weight excluding hydrogens is 460 g/mol. The minimum absolute atomic E-state index is 0.0688. The molecule has 10 nitrogen and oxygen atoms in total. The van der Waals surface area contributed by atoms with Crippen molar-refractivity contribution in [2.45, 2.75) is 12.5 Å². The van der Waals surface area contributed by atoms with E-state index in [1.807, 2.05) is 12.1 Å².